The lowest BCUT2D eigenvalue weighted by molar-refractivity contribution is -0.385. The van der Waals surface area contributed by atoms with Crippen LogP contribution in [0.4, 0.5) is 5.69 Å². The molecule has 0 saturated carbocycles. The maximum Gasteiger partial charge on any atom is 0.338 e. The zero-order valence-electron chi connectivity index (χ0n) is 13.6. The van der Waals surface area contributed by atoms with Gasteiger partial charge >= 0.3 is 11.7 Å². The molecule has 0 saturated heterocycles. The van der Waals surface area contributed by atoms with Crippen molar-refractivity contribution in [1.29, 1.82) is 0 Å². The molecule has 0 aliphatic rings. The van der Waals surface area contributed by atoms with E-state index in [1.54, 1.807) is 18.2 Å². The number of amides is 2. The van der Waals surface area contributed by atoms with Crippen LogP contribution in [-0.4, -0.2) is 36.4 Å². The highest BCUT2D eigenvalue weighted by atomic mass is 16.6. The number of carbonyl (C=O) groups excluding carboxylic acids is 3. The first-order valence-corrected chi connectivity index (χ1v) is 7.31. The molecular weight excluding hydrogens is 344 g/mol. The number of hydrogen-bond acceptors (Lipinski definition) is 7. The summed E-state index contributed by atoms with van der Waals surface area (Å²) < 4.78 is 9.60. The minimum absolute atomic E-state index is 0.0160. The van der Waals surface area contributed by atoms with E-state index < -0.39 is 35.0 Å². The smallest absolute Gasteiger partial charge is 0.338 e. The first kappa shape index (κ1) is 18.6. The van der Waals surface area contributed by atoms with E-state index in [0.29, 0.717) is 0 Å². The predicted molar refractivity (Wildman–Crippen MR) is 88.8 cm³/mol. The number of rotatable bonds is 6. The molecule has 2 aromatic rings. The quantitative estimate of drug-likeness (QED) is 0.473. The van der Waals surface area contributed by atoms with Gasteiger partial charge in [-0.1, -0.05) is 18.2 Å². The molecule has 0 aliphatic carbocycles. The largest absolute Gasteiger partial charge is 0.490 e. The Hall–Kier alpha value is -3.75. The Balaban J connectivity index is 1.96. The number of benzene rings is 2. The molecule has 26 heavy (non-hydrogen) atoms. The van der Waals surface area contributed by atoms with Crippen molar-refractivity contribution in [3.05, 3.63) is 69.8 Å². The summed E-state index contributed by atoms with van der Waals surface area (Å²) in [5.74, 6) is -2.42. The standard InChI is InChI=1S/C17H14N2O7/c1-25-14-8-7-12(9-13(14)19(23)24)17(22)26-10-15(20)18-16(21)11-5-3-2-4-6-11/h2-9H,10H2,1H3,(H,18,20,21). The maximum atomic E-state index is 11.9. The van der Waals surface area contributed by atoms with Crippen molar-refractivity contribution in [2.75, 3.05) is 13.7 Å². The van der Waals surface area contributed by atoms with Crippen LogP contribution in [0.25, 0.3) is 0 Å². The zero-order chi connectivity index (χ0) is 19.1. The monoisotopic (exact) mass is 358 g/mol. The minimum Gasteiger partial charge on any atom is -0.490 e. The Kier molecular flexibility index (Phi) is 5.99. The van der Waals surface area contributed by atoms with Gasteiger partial charge in [-0.2, -0.15) is 0 Å². The second kappa shape index (κ2) is 8.38. The maximum absolute atomic E-state index is 11.9. The van der Waals surface area contributed by atoms with Gasteiger partial charge in [0.05, 0.1) is 17.6 Å². The van der Waals surface area contributed by atoms with E-state index in [1.165, 1.54) is 31.4 Å². The van der Waals surface area contributed by atoms with Gasteiger partial charge in [0, 0.05) is 11.6 Å². The Morgan fingerprint density at radius 1 is 1.08 bits per heavy atom. The molecule has 134 valence electrons. The summed E-state index contributed by atoms with van der Waals surface area (Å²) in [7, 11) is 1.26. The van der Waals surface area contributed by atoms with Gasteiger partial charge in [-0.25, -0.2) is 4.79 Å². The van der Waals surface area contributed by atoms with Crippen LogP contribution in [0.3, 0.4) is 0 Å². The van der Waals surface area contributed by atoms with Crippen molar-refractivity contribution in [3.63, 3.8) is 0 Å². The Morgan fingerprint density at radius 2 is 1.77 bits per heavy atom. The number of nitrogens with zero attached hydrogens (tertiary/aromatic N) is 1. The van der Waals surface area contributed by atoms with Gasteiger partial charge in [-0.15, -0.1) is 0 Å². The molecule has 2 rings (SSSR count). The van der Waals surface area contributed by atoms with Crippen LogP contribution in [0.5, 0.6) is 5.75 Å². The average Bonchev–Trinajstić information content (AvgIpc) is 2.66. The van der Waals surface area contributed by atoms with E-state index in [9.17, 15) is 24.5 Å². The van der Waals surface area contributed by atoms with Crippen molar-refractivity contribution in [2.45, 2.75) is 0 Å². The van der Waals surface area contributed by atoms with Crippen molar-refractivity contribution in [1.82, 2.24) is 5.32 Å². The third-order valence-electron chi connectivity index (χ3n) is 3.23. The van der Waals surface area contributed by atoms with Crippen LogP contribution in [-0.2, 0) is 9.53 Å². The molecule has 0 aromatic heterocycles. The summed E-state index contributed by atoms with van der Waals surface area (Å²) in [6.07, 6.45) is 0. The van der Waals surface area contributed by atoms with Gasteiger partial charge < -0.3 is 9.47 Å². The molecule has 0 heterocycles. The van der Waals surface area contributed by atoms with Gasteiger partial charge in [0.2, 0.25) is 0 Å². The van der Waals surface area contributed by atoms with Crippen molar-refractivity contribution in [3.8, 4) is 5.75 Å². The number of nitrogens with one attached hydrogen (secondary N) is 1. The van der Waals surface area contributed by atoms with E-state index >= 15 is 0 Å². The van der Waals surface area contributed by atoms with Crippen LogP contribution < -0.4 is 10.1 Å². The SMILES string of the molecule is COc1ccc(C(=O)OCC(=O)NC(=O)c2ccccc2)cc1[N+](=O)[O-]. The van der Waals surface area contributed by atoms with Crippen molar-refractivity contribution < 1.29 is 28.8 Å². The van der Waals surface area contributed by atoms with Gasteiger partial charge in [-0.3, -0.25) is 25.0 Å². The molecule has 0 aliphatic heterocycles. The summed E-state index contributed by atoms with van der Waals surface area (Å²) >= 11 is 0. The van der Waals surface area contributed by atoms with Gasteiger partial charge in [0.25, 0.3) is 11.8 Å². The fourth-order valence-corrected chi connectivity index (χ4v) is 2.00. The molecule has 9 heteroatoms. The number of esters is 1. The fourth-order valence-electron chi connectivity index (χ4n) is 2.00. The number of ether oxygens (including phenoxy) is 2. The van der Waals surface area contributed by atoms with E-state index in [2.05, 4.69) is 5.32 Å². The summed E-state index contributed by atoms with van der Waals surface area (Å²) in [6, 6.07) is 11.5. The third-order valence-corrected chi connectivity index (χ3v) is 3.23. The van der Waals surface area contributed by atoms with Gasteiger partial charge in [-0.05, 0) is 24.3 Å². The third kappa shape index (κ3) is 4.63. The summed E-state index contributed by atoms with van der Waals surface area (Å²) in [6.45, 7) is -0.711. The fraction of sp³-hybridized carbons (Fsp3) is 0.118. The Bertz CT molecular complexity index is 849. The molecule has 0 radical (unpaired) electrons. The molecule has 2 amide bonds. The first-order chi connectivity index (χ1) is 12.4. The van der Waals surface area contributed by atoms with Crippen LogP contribution in [0.2, 0.25) is 0 Å². The minimum atomic E-state index is -0.946. The van der Waals surface area contributed by atoms with Crippen molar-refractivity contribution in [2.24, 2.45) is 0 Å². The predicted octanol–water partition coefficient (Wildman–Crippen LogP) is 1.72. The Morgan fingerprint density at radius 3 is 2.38 bits per heavy atom. The number of methoxy groups -OCH3 is 1. The highest BCUT2D eigenvalue weighted by Gasteiger charge is 2.20. The van der Waals surface area contributed by atoms with E-state index in [-0.39, 0.29) is 16.9 Å². The number of hydrogen-bond donors (Lipinski definition) is 1. The second-order valence-electron chi connectivity index (χ2n) is 4.96. The number of nitro groups is 1. The highest BCUT2D eigenvalue weighted by molar-refractivity contribution is 6.05. The normalized spacial score (nSPS) is 9.88. The zero-order valence-corrected chi connectivity index (χ0v) is 13.6. The Labute approximate surface area is 147 Å². The number of imide groups is 1. The molecule has 9 nitrogen and oxygen atoms in total. The lowest BCUT2D eigenvalue weighted by Crippen LogP contribution is -2.34. The molecule has 0 unspecified atom stereocenters. The number of nitro benzene ring substituents is 1. The van der Waals surface area contributed by atoms with Gasteiger partial charge in [0.15, 0.2) is 12.4 Å². The summed E-state index contributed by atoms with van der Waals surface area (Å²) in [5.41, 5.74) is -0.261. The topological polar surface area (TPSA) is 125 Å². The van der Waals surface area contributed by atoms with Crippen LogP contribution in [0.1, 0.15) is 20.7 Å². The van der Waals surface area contributed by atoms with Crippen LogP contribution in [0.15, 0.2) is 48.5 Å². The highest BCUT2D eigenvalue weighted by Crippen LogP contribution is 2.27. The lowest BCUT2D eigenvalue weighted by Gasteiger charge is -2.07. The van der Waals surface area contributed by atoms with E-state index in [0.717, 1.165) is 6.07 Å². The second-order valence-corrected chi connectivity index (χ2v) is 4.96. The molecule has 0 atom stereocenters. The van der Waals surface area contributed by atoms with E-state index in [4.69, 9.17) is 9.47 Å². The van der Waals surface area contributed by atoms with Crippen molar-refractivity contribution >= 4 is 23.5 Å². The van der Waals surface area contributed by atoms with Gasteiger partial charge in [0.1, 0.15) is 0 Å². The summed E-state index contributed by atoms with van der Waals surface area (Å²) in [4.78, 5) is 45.7. The van der Waals surface area contributed by atoms with Crippen LogP contribution >= 0.6 is 0 Å². The molecule has 0 bridgehead atoms. The molecule has 2 aromatic carbocycles. The lowest BCUT2D eigenvalue weighted by atomic mass is 10.2. The van der Waals surface area contributed by atoms with E-state index in [1.807, 2.05) is 0 Å². The summed E-state index contributed by atoms with van der Waals surface area (Å²) in [5, 5.41) is 13.0. The first-order valence-electron chi connectivity index (χ1n) is 7.31. The molecule has 0 fully saturated rings. The number of carbonyl (C=O) groups is 3. The molecule has 1 N–H and O–H groups in total. The van der Waals surface area contributed by atoms with Crippen LogP contribution in [0, 0.1) is 10.1 Å². The molecular formula is C17H14N2O7. The average molecular weight is 358 g/mol. The molecule has 0 spiro atoms.